The van der Waals surface area contributed by atoms with E-state index in [1.54, 1.807) is 26.0 Å². The summed E-state index contributed by atoms with van der Waals surface area (Å²) in [6.07, 6.45) is 2.14. The molecule has 0 radical (unpaired) electrons. The van der Waals surface area contributed by atoms with Crippen molar-refractivity contribution in [1.29, 1.82) is 0 Å². The van der Waals surface area contributed by atoms with E-state index in [9.17, 15) is 23.9 Å². The van der Waals surface area contributed by atoms with Crippen LogP contribution >= 0.6 is 11.3 Å². The number of amides is 1. The number of aliphatic carboxylic acids is 1. The molecule has 0 spiro atoms. The minimum atomic E-state index is -0.978. The molecule has 1 amide bonds. The van der Waals surface area contributed by atoms with E-state index >= 15 is 0 Å². The Hall–Kier alpha value is -2.74. The van der Waals surface area contributed by atoms with Crippen molar-refractivity contribution in [3.8, 4) is 11.1 Å². The lowest BCUT2D eigenvalue weighted by Gasteiger charge is -2.27. The highest BCUT2D eigenvalue weighted by Crippen LogP contribution is 2.41. The smallest absolute Gasteiger partial charge is 0.342 e. The van der Waals surface area contributed by atoms with E-state index in [1.807, 2.05) is 6.92 Å². The molecule has 0 bridgehead atoms. The van der Waals surface area contributed by atoms with Gasteiger partial charge in [-0.3, -0.25) is 9.59 Å². The molecule has 1 aliphatic carbocycles. The first-order valence-electron chi connectivity index (χ1n) is 10.3. The molecule has 6 nitrogen and oxygen atoms in total. The van der Waals surface area contributed by atoms with Crippen LogP contribution in [0.4, 0.5) is 9.39 Å². The number of hydrogen-bond acceptors (Lipinski definition) is 5. The highest BCUT2D eigenvalue weighted by Gasteiger charge is 2.37. The molecular weight excluding hydrogens is 421 g/mol. The predicted octanol–water partition coefficient (Wildman–Crippen LogP) is 5.26. The molecule has 1 aromatic carbocycles. The second kappa shape index (κ2) is 9.60. The van der Waals surface area contributed by atoms with E-state index in [-0.39, 0.29) is 11.7 Å². The van der Waals surface area contributed by atoms with E-state index in [1.165, 1.54) is 23.5 Å². The van der Waals surface area contributed by atoms with Crippen LogP contribution in [0.3, 0.4) is 0 Å². The molecule has 2 unspecified atom stereocenters. The number of anilines is 1. The Labute approximate surface area is 184 Å². The lowest BCUT2D eigenvalue weighted by molar-refractivity contribution is -0.147. The fourth-order valence-electron chi connectivity index (χ4n) is 4.01. The van der Waals surface area contributed by atoms with Crippen molar-refractivity contribution in [1.82, 2.24) is 0 Å². The molecule has 2 N–H and O–H groups in total. The first kappa shape index (κ1) is 22.9. The molecule has 31 heavy (non-hydrogen) atoms. The molecule has 1 heterocycles. The highest BCUT2D eigenvalue weighted by molar-refractivity contribution is 7.17. The number of carboxylic acids is 1. The second-order valence-corrected chi connectivity index (χ2v) is 9.25. The van der Waals surface area contributed by atoms with Gasteiger partial charge in [-0.05, 0) is 51.3 Å². The van der Waals surface area contributed by atoms with Crippen molar-refractivity contribution in [2.75, 3.05) is 5.32 Å². The van der Waals surface area contributed by atoms with Crippen molar-refractivity contribution >= 4 is 34.2 Å². The van der Waals surface area contributed by atoms with E-state index in [0.717, 1.165) is 17.7 Å². The summed E-state index contributed by atoms with van der Waals surface area (Å²) in [7, 11) is 0. The Kier molecular flexibility index (Phi) is 7.10. The fourth-order valence-corrected chi connectivity index (χ4v) is 5.08. The van der Waals surface area contributed by atoms with Gasteiger partial charge in [-0.2, -0.15) is 0 Å². The molecular formula is C23H26FNO5S. The Morgan fingerprint density at radius 2 is 1.74 bits per heavy atom. The SMILES string of the molecule is Cc1sc(NC(=O)C2CCCCC2C(=O)O)c(C(=O)OC(C)C)c1-c1ccc(F)cc1. The minimum Gasteiger partial charge on any atom is -0.481 e. The van der Waals surface area contributed by atoms with Crippen LogP contribution in [0.5, 0.6) is 0 Å². The van der Waals surface area contributed by atoms with Crippen LogP contribution in [0.15, 0.2) is 24.3 Å². The number of carbonyl (C=O) groups excluding carboxylic acids is 2. The zero-order valence-corrected chi connectivity index (χ0v) is 18.6. The summed E-state index contributed by atoms with van der Waals surface area (Å²) in [6.45, 7) is 5.27. The monoisotopic (exact) mass is 447 g/mol. The maximum absolute atomic E-state index is 13.4. The molecule has 8 heteroatoms. The molecule has 1 aliphatic rings. The number of thiophene rings is 1. The highest BCUT2D eigenvalue weighted by atomic mass is 32.1. The lowest BCUT2D eigenvalue weighted by Crippen LogP contribution is -2.36. The number of benzene rings is 1. The molecule has 166 valence electrons. The summed E-state index contributed by atoms with van der Waals surface area (Å²) in [6, 6.07) is 5.76. The summed E-state index contributed by atoms with van der Waals surface area (Å²) in [5.74, 6) is -3.76. The van der Waals surface area contributed by atoms with Crippen molar-refractivity contribution in [3.63, 3.8) is 0 Å². The van der Waals surface area contributed by atoms with Gasteiger partial charge in [-0.1, -0.05) is 25.0 Å². The average Bonchev–Trinajstić information content (AvgIpc) is 3.03. The summed E-state index contributed by atoms with van der Waals surface area (Å²) >= 11 is 1.22. The van der Waals surface area contributed by atoms with Crippen LogP contribution in [0, 0.1) is 24.6 Å². The van der Waals surface area contributed by atoms with Gasteiger partial charge in [0.05, 0.1) is 17.9 Å². The number of aryl methyl sites for hydroxylation is 1. The third-order valence-electron chi connectivity index (χ3n) is 5.42. The normalized spacial score (nSPS) is 18.6. The van der Waals surface area contributed by atoms with E-state index in [0.29, 0.717) is 29.0 Å². The molecule has 2 aromatic rings. The predicted molar refractivity (Wildman–Crippen MR) is 117 cm³/mol. The largest absolute Gasteiger partial charge is 0.481 e. The number of esters is 1. The van der Waals surface area contributed by atoms with Gasteiger partial charge in [0.25, 0.3) is 0 Å². The second-order valence-electron chi connectivity index (χ2n) is 8.02. The summed E-state index contributed by atoms with van der Waals surface area (Å²) < 4.78 is 18.8. The number of carbonyl (C=O) groups is 3. The van der Waals surface area contributed by atoms with Crippen LogP contribution < -0.4 is 5.32 Å². The molecule has 1 fully saturated rings. The van der Waals surface area contributed by atoms with Gasteiger partial charge < -0.3 is 15.2 Å². The van der Waals surface area contributed by atoms with Crippen molar-refractivity contribution in [3.05, 3.63) is 40.5 Å². The number of rotatable bonds is 6. The molecule has 0 aliphatic heterocycles. The number of carboxylic acid groups (broad SMARTS) is 1. The van der Waals surface area contributed by atoms with E-state index in [4.69, 9.17) is 4.74 Å². The van der Waals surface area contributed by atoms with Crippen LogP contribution in [-0.2, 0) is 14.3 Å². The number of ether oxygens (including phenoxy) is 1. The Balaban J connectivity index is 2.00. The molecule has 1 saturated carbocycles. The number of nitrogens with one attached hydrogen (secondary N) is 1. The van der Waals surface area contributed by atoms with Crippen molar-refractivity contribution < 1.29 is 28.6 Å². The zero-order chi connectivity index (χ0) is 22.7. The third-order valence-corrected chi connectivity index (χ3v) is 6.44. The topological polar surface area (TPSA) is 92.7 Å². The van der Waals surface area contributed by atoms with Crippen molar-refractivity contribution in [2.45, 2.75) is 52.6 Å². The van der Waals surface area contributed by atoms with Gasteiger partial charge in [0.15, 0.2) is 0 Å². The lowest BCUT2D eigenvalue weighted by atomic mass is 9.78. The van der Waals surface area contributed by atoms with Crippen LogP contribution in [-0.4, -0.2) is 29.1 Å². The Morgan fingerprint density at radius 3 is 2.32 bits per heavy atom. The first-order valence-corrected chi connectivity index (χ1v) is 11.1. The standard InChI is InChI=1S/C23H26FNO5S/c1-12(2)30-23(29)19-18(14-8-10-15(24)11-9-14)13(3)31-21(19)25-20(26)16-6-4-5-7-17(16)22(27)28/h8-12,16-17H,4-7H2,1-3H3,(H,25,26)(H,27,28). The molecule has 0 saturated heterocycles. The van der Waals surface area contributed by atoms with Crippen LogP contribution in [0.1, 0.15) is 54.8 Å². The van der Waals surface area contributed by atoms with Gasteiger partial charge in [0.1, 0.15) is 16.4 Å². The van der Waals surface area contributed by atoms with Crippen molar-refractivity contribution in [2.24, 2.45) is 11.8 Å². The van der Waals surface area contributed by atoms with E-state index in [2.05, 4.69) is 5.32 Å². The maximum atomic E-state index is 13.4. The van der Waals surface area contributed by atoms with Gasteiger partial charge in [0.2, 0.25) is 5.91 Å². The molecule has 2 atom stereocenters. The van der Waals surface area contributed by atoms with Crippen LogP contribution in [0.25, 0.3) is 11.1 Å². The number of hydrogen-bond donors (Lipinski definition) is 2. The third kappa shape index (κ3) is 5.12. The summed E-state index contributed by atoms with van der Waals surface area (Å²) in [5, 5.41) is 12.6. The Bertz CT molecular complexity index is 983. The van der Waals surface area contributed by atoms with Gasteiger partial charge in [-0.15, -0.1) is 11.3 Å². The fraction of sp³-hybridized carbons (Fsp3) is 0.435. The van der Waals surface area contributed by atoms with Gasteiger partial charge >= 0.3 is 11.9 Å². The average molecular weight is 448 g/mol. The van der Waals surface area contributed by atoms with Gasteiger partial charge in [-0.25, -0.2) is 9.18 Å². The maximum Gasteiger partial charge on any atom is 0.342 e. The van der Waals surface area contributed by atoms with E-state index < -0.39 is 35.5 Å². The quantitative estimate of drug-likeness (QED) is 0.590. The molecule has 3 rings (SSSR count). The molecule has 1 aromatic heterocycles. The minimum absolute atomic E-state index is 0.207. The summed E-state index contributed by atoms with van der Waals surface area (Å²) in [4.78, 5) is 38.3. The number of halogens is 1. The van der Waals surface area contributed by atoms with Gasteiger partial charge in [0, 0.05) is 10.4 Å². The zero-order valence-electron chi connectivity index (χ0n) is 17.7. The Morgan fingerprint density at radius 1 is 1.13 bits per heavy atom. The first-order chi connectivity index (χ1) is 14.7. The van der Waals surface area contributed by atoms with Crippen LogP contribution in [0.2, 0.25) is 0 Å². The summed E-state index contributed by atoms with van der Waals surface area (Å²) in [5.41, 5.74) is 1.41.